The lowest BCUT2D eigenvalue weighted by molar-refractivity contribution is 0.00578. The monoisotopic (exact) mass is 348 g/mol. The molecule has 1 aliphatic rings. The van der Waals surface area contributed by atoms with E-state index in [-0.39, 0.29) is 29.1 Å². The first-order valence-electron chi connectivity index (χ1n) is 8.62. The number of hydrogen-bond acceptors (Lipinski definition) is 3. The molecule has 0 bridgehead atoms. The van der Waals surface area contributed by atoms with Gasteiger partial charge in [0.25, 0.3) is 0 Å². The van der Waals surface area contributed by atoms with E-state index in [0.29, 0.717) is 7.48 Å². The third-order valence-corrected chi connectivity index (χ3v) is 6.35. The summed E-state index contributed by atoms with van der Waals surface area (Å²) in [7, 11) is 3.14. The van der Waals surface area contributed by atoms with E-state index in [2.05, 4.69) is 88.9 Å². The molecule has 1 heterocycles. The average molecular weight is 348 g/mol. The maximum Gasteiger partial charge on any atom is 0.494 e. The van der Waals surface area contributed by atoms with E-state index in [9.17, 15) is 0 Å². The second-order valence-electron chi connectivity index (χ2n) is 8.85. The first-order valence-corrected chi connectivity index (χ1v) is 9.20. The molecule has 1 fully saturated rings. The molecule has 1 aromatic carbocycles. The Bertz CT molecular complexity index is 561. The Labute approximate surface area is 150 Å². The molecule has 0 aromatic heterocycles. The SMILES string of the molecule is CC(C)(P)C(C)(C)OBc1ccc(B2OC(C)(C)C(C)(C)O2)cc1. The first kappa shape index (κ1) is 20.0. The molecule has 0 saturated carbocycles. The van der Waals surface area contributed by atoms with E-state index < -0.39 is 0 Å². The summed E-state index contributed by atoms with van der Waals surface area (Å²) in [6.07, 6.45) is 0. The minimum Gasteiger partial charge on any atom is -0.429 e. The lowest BCUT2D eigenvalue weighted by Gasteiger charge is -2.39. The van der Waals surface area contributed by atoms with Gasteiger partial charge in [-0.25, -0.2) is 0 Å². The van der Waals surface area contributed by atoms with Crippen LogP contribution in [0.2, 0.25) is 0 Å². The standard InChI is InChI=1S/C18H31B2O3P/c1-15(2)16(3,4)23-20(22-15)14-11-9-13(10-12-14)19-21-17(5,6)18(7,8)24/h9-12,19H,24H2,1-8H3. The lowest BCUT2D eigenvalue weighted by atomic mass is 9.76. The van der Waals surface area contributed by atoms with Crippen molar-refractivity contribution in [3.8, 4) is 0 Å². The maximum atomic E-state index is 6.13. The molecule has 3 nitrogen and oxygen atoms in total. The van der Waals surface area contributed by atoms with Crippen LogP contribution in [0.3, 0.4) is 0 Å². The van der Waals surface area contributed by atoms with Crippen molar-refractivity contribution >= 4 is 34.8 Å². The minimum atomic E-state index is -0.313. The van der Waals surface area contributed by atoms with Crippen LogP contribution >= 0.6 is 9.24 Å². The maximum absolute atomic E-state index is 6.13. The predicted octanol–water partition coefficient (Wildman–Crippen LogP) is 2.41. The Morgan fingerprint density at radius 3 is 1.83 bits per heavy atom. The van der Waals surface area contributed by atoms with Gasteiger partial charge in [-0.1, -0.05) is 43.6 Å². The zero-order valence-electron chi connectivity index (χ0n) is 16.4. The third-order valence-electron chi connectivity index (χ3n) is 5.66. The quantitative estimate of drug-likeness (QED) is 0.604. The van der Waals surface area contributed by atoms with Crippen LogP contribution in [-0.4, -0.2) is 36.6 Å². The molecule has 24 heavy (non-hydrogen) atoms. The molecule has 0 N–H and O–H groups in total. The Hall–Kier alpha value is -0.340. The van der Waals surface area contributed by atoms with Crippen LogP contribution in [0.1, 0.15) is 55.4 Å². The largest absolute Gasteiger partial charge is 0.494 e. The topological polar surface area (TPSA) is 27.7 Å². The van der Waals surface area contributed by atoms with E-state index in [1.807, 2.05) is 0 Å². The van der Waals surface area contributed by atoms with Gasteiger partial charge >= 0.3 is 14.6 Å². The van der Waals surface area contributed by atoms with Crippen molar-refractivity contribution < 1.29 is 14.0 Å². The van der Waals surface area contributed by atoms with E-state index in [0.717, 1.165) is 10.9 Å². The van der Waals surface area contributed by atoms with Gasteiger partial charge in [0.1, 0.15) is 0 Å². The zero-order chi connectivity index (χ0) is 18.4. The van der Waals surface area contributed by atoms with E-state index in [1.54, 1.807) is 0 Å². The number of hydrogen-bond donors (Lipinski definition) is 0. The van der Waals surface area contributed by atoms with Crippen LogP contribution in [0.4, 0.5) is 0 Å². The molecule has 0 amide bonds. The highest BCUT2D eigenvalue weighted by Crippen LogP contribution is 2.36. The molecule has 0 radical (unpaired) electrons. The highest BCUT2D eigenvalue weighted by molar-refractivity contribution is 7.19. The fraction of sp³-hybridized carbons (Fsp3) is 0.667. The summed E-state index contributed by atoms with van der Waals surface area (Å²) in [5.41, 5.74) is 1.35. The molecule has 1 aromatic rings. The smallest absolute Gasteiger partial charge is 0.429 e. The van der Waals surface area contributed by atoms with Gasteiger partial charge in [-0.3, -0.25) is 0 Å². The molecule has 132 valence electrons. The third kappa shape index (κ3) is 4.07. The molecule has 0 aliphatic carbocycles. The van der Waals surface area contributed by atoms with Crippen LogP contribution in [0.5, 0.6) is 0 Å². The van der Waals surface area contributed by atoms with Gasteiger partial charge in [0.05, 0.1) is 16.8 Å². The highest BCUT2D eigenvalue weighted by Gasteiger charge is 2.51. The average Bonchev–Trinajstić information content (AvgIpc) is 2.65. The summed E-state index contributed by atoms with van der Waals surface area (Å²) in [5.74, 6) is 0. The van der Waals surface area contributed by atoms with E-state index >= 15 is 0 Å². The normalized spacial score (nSPS) is 20.3. The van der Waals surface area contributed by atoms with Gasteiger partial charge in [0.15, 0.2) is 0 Å². The van der Waals surface area contributed by atoms with Crippen LogP contribution < -0.4 is 10.9 Å². The molecule has 1 aliphatic heterocycles. The lowest BCUT2D eigenvalue weighted by Crippen LogP contribution is -2.45. The van der Waals surface area contributed by atoms with Crippen molar-refractivity contribution in [3.05, 3.63) is 24.3 Å². The molecule has 1 saturated heterocycles. The zero-order valence-corrected chi connectivity index (χ0v) is 17.6. The predicted molar refractivity (Wildman–Crippen MR) is 108 cm³/mol. The van der Waals surface area contributed by atoms with E-state index in [4.69, 9.17) is 14.0 Å². The van der Waals surface area contributed by atoms with Crippen molar-refractivity contribution in [1.29, 1.82) is 0 Å². The molecule has 1 unspecified atom stereocenters. The fourth-order valence-corrected chi connectivity index (χ4v) is 2.28. The van der Waals surface area contributed by atoms with Crippen LogP contribution in [0.25, 0.3) is 0 Å². The van der Waals surface area contributed by atoms with Crippen molar-refractivity contribution in [3.63, 3.8) is 0 Å². The van der Waals surface area contributed by atoms with Crippen molar-refractivity contribution in [1.82, 2.24) is 0 Å². The second kappa shape index (κ2) is 6.43. The summed E-state index contributed by atoms with van der Waals surface area (Å²) in [6.45, 7) is 16.9. The molecule has 2 rings (SSSR count). The minimum absolute atomic E-state index is 0.00956. The van der Waals surface area contributed by atoms with Gasteiger partial charge in [0, 0.05) is 5.16 Å². The van der Waals surface area contributed by atoms with Gasteiger partial charge in [-0.05, 0) is 47.0 Å². The van der Waals surface area contributed by atoms with Crippen LogP contribution in [0, 0.1) is 0 Å². The molecule has 0 spiro atoms. The van der Waals surface area contributed by atoms with E-state index in [1.165, 1.54) is 0 Å². The van der Waals surface area contributed by atoms with Crippen molar-refractivity contribution in [2.45, 2.75) is 77.3 Å². The summed E-state index contributed by atoms with van der Waals surface area (Å²) in [5, 5.41) is 0.00956. The van der Waals surface area contributed by atoms with Crippen LogP contribution in [0.15, 0.2) is 24.3 Å². The first-order chi connectivity index (χ1) is 10.8. The van der Waals surface area contributed by atoms with Crippen LogP contribution in [-0.2, 0) is 14.0 Å². The van der Waals surface area contributed by atoms with Gasteiger partial charge < -0.3 is 14.0 Å². The number of rotatable bonds is 5. The Morgan fingerprint density at radius 1 is 0.958 bits per heavy atom. The van der Waals surface area contributed by atoms with Gasteiger partial charge in [-0.2, -0.15) is 0 Å². The molecular weight excluding hydrogens is 317 g/mol. The number of benzene rings is 1. The van der Waals surface area contributed by atoms with Crippen molar-refractivity contribution in [2.75, 3.05) is 0 Å². The summed E-state index contributed by atoms with van der Waals surface area (Å²) >= 11 is 0. The molecule has 1 atom stereocenters. The Balaban J connectivity index is 2.02. The molecule has 6 heteroatoms. The summed E-state index contributed by atoms with van der Waals surface area (Å²) < 4.78 is 18.3. The molecular formula is C18H31B2O3P. The highest BCUT2D eigenvalue weighted by atomic mass is 31.0. The summed E-state index contributed by atoms with van der Waals surface area (Å²) in [6, 6.07) is 8.32. The van der Waals surface area contributed by atoms with Gasteiger partial charge in [0.2, 0.25) is 0 Å². The van der Waals surface area contributed by atoms with Crippen molar-refractivity contribution in [2.24, 2.45) is 0 Å². The fourth-order valence-electron chi connectivity index (χ4n) is 2.20. The Morgan fingerprint density at radius 2 is 1.42 bits per heavy atom. The Kier molecular flexibility index (Phi) is 5.35. The summed E-state index contributed by atoms with van der Waals surface area (Å²) in [4.78, 5) is 0. The van der Waals surface area contributed by atoms with Gasteiger partial charge in [-0.15, -0.1) is 9.24 Å². The second-order valence-corrected chi connectivity index (χ2v) is 10.3.